The molecule has 17 heavy (non-hydrogen) atoms. The largest absolute Gasteiger partial charge is 0.324 e. The number of nitrogens with one attached hydrogen (secondary N) is 2. The van der Waals surface area contributed by atoms with E-state index in [1.54, 1.807) is 13.0 Å². The number of nitrogens with zero attached hydrogens (tertiary/aromatic N) is 1. The van der Waals surface area contributed by atoms with Crippen LogP contribution < -0.4 is 10.6 Å². The first-order valence-electron chi connectivity index (χ1n) is 5.30. The van der Waals surface area contributed by atoms with Crippen molar-refractivity contribution in [1.82, 2.24) is 5.32 Å². The third-order valence-electron chi connectivity index (χ3n) is 2.24. The molecule has 0 saturated carbocycles. The number of carbonyl (C=O) groups excluding carboxylic acids is 1. The summed E-state index contributed by atoms with van der Waals surface area (Å²) in [5.74, 6) is -0.213. The number of nitro groups is 1. The summed E-state index contributed by atoms with van der Waals surface area (Å²) in [5, 5.41) is 16.1. The summed E-state index contributed by atoms with van der Waals surface area (Å²) in [5.41, 5.74) is 1.23. The molecule has 0 aromatic heterocycles. The van der Waals surface area contributed by atoms with Crippen LogP contribution >= 0.6 is 0 Å². The zero-order chi connectivity index (χ0) is 12.8. The molecule has 6 heteroatoms. The first kappa shape index (κ1) is 13.1. The Morgan fingerprint density at radius 3 is 2.76 bits per heavy atom. The van der Waals surface area contributed by atoms with Crippen molar-refractivity contribution in [3.8, 4) is 0 Å². The number of amides is 1. The van der Waals surface area contributed by atoms with Crippen LogP contribution in [-0.2, 0) is 4.79 Å². The first-order chi connectivity index (χ1) is 8.04. The molecule has 0 saturated heterocycles. The van der Waals surface area contributed by atoms with Crippen molar-refractivity contribution in [3.05, 3.63) is 33.9 Å². The summed E-state index contributed by atoms with van der Waals surface area (Å²) in [6.45, 7) is 4.57. The van der Waals surface area contributed by atoms with Crippen molar-refractivity contribution in [3.63, 3.8) is 0 Å². The number of rotatable bonds is 5. The maximum absolute atomic E-state index is 11.5. The van der Waals surface area contributed by atoms with Crippen LogP contribution in [0.2, 0.25) is 0 Å². The zero-order valence-electron chi connectivity index (χ0n) is 9.82. The summed E-state index contributed by atoms with van der Waals surface area (Å²) in [6.07, 6.45) is 0. The third-order valence-corrected chi connectivity index (χ3v) is 2.24. The van der Waals surface area contributed by atoms with Gasteiger partial charge in [0, 0.05) is 12.1 Å². The number of benzene rings is 1. The lowest BCUT2D eigenvalue weighted by Crippen LogP contribution is -2.28. The Labute approximate surface area is 99.2 Å². The molecule has 0 spiro atoms. The number of likely N-dealkylation sites (N-methyl/N-ethyl adjacent to an activating group) is 1. The summed E-state index contributed by atoms with van der Waals surface area (Å²) in [4.78, 5) is 21.6. The van der Waals surface area contributed by atoms with Gasteiger partial charge in [-0.2, -0.15) is 0 Å². The van der Waals surface area contributed by atoms with E-state index in [1.165, 1.54) is 12.1 Å². The molecular formula is C11H15N3O3. The van der Waals surface area contributed by atoms with Gasteiger partial charge in [-0.3, -0.25) is 14.9 Å². The van der Waals surface area contributed by atoms with Gasteiger partial charge >= 0.3 is 0 Å². The third kappa shape index (κ3) is 3.84. The van der Waals surface area contributed by atoms with Crippen LogP contribution in [0.1, 0.15) is 12.5 Å². The van der Waals surface area contributed by atoms with Gasteiger partial charge in [-0.15, -0.1) is 0 Å². The van der Waals surface area contributed by atoms with Gasteiger partial charge in [0.15, 0.2) is 0 Å². The van der Waals surface area contributed by atoms with Crippen LogP contribution in [0.25, 0.3) is 0 Å². The van der Waals surface area contributed by atoms with E-state index < -0.39 is 4.92 Å². The van der Waals surface area contributed by atoms with Gasteiger partial charge in [0.1, 0.15) is 0 Å². The molecule has 92 valence electrons. The molecule has 0 radical (unpaired) electrons. The fourth-order valence-corrected chi connectivity index (χ4v) is 1.29. The van der Waals surface area contributed by atoms with Crippen molar-refractivity contribution >= 4 is 17.3 Å². The maximum Gasteiger partial charge on any atom is 0.271 e. The van der Waals surface area contributed by atoms with Gasteiger partial charge in [-0.1, -0.05) is 13.0 Å². The number of hydrogen-bond donors (Lipinski definition) is 2. The van der Waals surface area contributed by atoms with E-state index >= 15 is 0 Å². The predicted octanol–water partition coefficient (Wildman–Crippen LogP) is 1.45. The summed E-state index contributed by atoms with van der Waals surface area (Å²) in [7, 11) is 0. The Bertz CT molecular complexity index is 432. The normalized spacial score (nSPS) is 10.0. The number of anilines is 1. The molecule has 0 atom stereocenters. The average Bonchev–Trinajstić information content (AvgIpc) is 2.29. The fraction of sp³-hybridized carbons (Fsp3) is 0.364. The molecule has 0 bridgehead atoms. The Balaban J connectivity index is 2.79. The fourth-order valence-electron chi connectivity index (χ4n) is 1.29. The predicted molar refractivity (Wildman–Crippen MR) is 65.0 cm³/mol. The monoisotopic (exact) mass is 237 g/mol. The zero-order valence-corrected chi connectivity index (χ0v) is 9.82. The van der Waals surface area contributed by atoms with Gasteiger partial charge in [0.05, 0.1) is 17.2 Å². The molecule has 0 aliphatic carbocycles. The lowest BCUT2D eigenvalue weighted by atomic mass is 10.2. The second-order valence-corrected chi connectivity index (χ2v) is 3.58. The van der Waals surface area contributed by atoms with E-state index in [2.05, 4.69) is 10.6 Å². The van der Waals surface area contributed by atoms with Gasteiger partial charge in [-0.05, 0) is 19.0 Å². The van der Waals surface area contributed by atoms with E-state index in [0.717, 1.165) is 5.56 Å². The van der Waals surface area contributed by atoms with Crippen LogP contribution in [0.3, 0.4) is 0 Å². The molecule has 1 rings (SSSR count). The Morgan fingerprint density at radius 1 is 1.47 bits per heavy atom. The van der Waals surface area contributed by atoms with Gasteiger partial charge in [-0.25, -0.2) is 0 Å². The highest BCUT2D eigenvalue weighted by molar-refractivity contribution is 5.93. The van der Waals surface area contributed by atoms with Crippen molar-refractivity contribution < 1.29 is 9.72 Å². The number of hydrogen-bond acceptors (Lipinski definition) is 4. The van der Waals surface area contributed by atoms with E-state index in [4.69, 9.17) is 0 Å². The van der Waals surface area contributed by atoms with Crippen LogP contribution in [0.4, 0.5) is 11.4 Å². The highest BCUT2D eigenvalue weighted by Crippen LogP contribution is 2.21. The standard InChI is InChI=1S/C11H15N3O3/c1-3-12-7-11(15)13-10-6-9(14(16)17)5-4-8(10)2/h4-6,12H,3,7H2,1-2H3,(H,13,15). The minimum Gasteiger partial charge on any atom is -0.324 e. The quantitative estimate of drug-likeness (QED) is 0.599. The molecule has 1 aromatic carbocycles. The van der Waals surface area contributed by atoms with Crippen LogP contribution in [0, 0.1) is 17.0 Å². The lowest BCUT2D eigenvalue weighted by molar-refractivity contribution is -0.384. The molecule has 0 unspecified atom stereocenters. The van der Waals surface area contributed by atoms with Crippen molar-refractivity contribution in [2.24, 2.45) is 0 Å². The minimum absolute atomic E-state index is 0.0330. The second-order valence-electron chi connectivity index (χ2n) is 3.58. The number of non-ortho nitro benzene ring substituents is 1. The van der Waals surface area contributed by atoms with Gasteiger partial charge in [0.2, 0.25) is 5.91 Å². The molecule has 0 aliphatic rings. The van der Waals surface area contributed by atoms with Crippen LogP contribution in [0.5, 0.6) is 0 Å². The topological polar surface area (TPSA) is 84.3 Å². The maximum atomic E-state index is 11.5. The molecule has 1 amide bonds. The SMILES string of the molecule is CCNCC(=O)Nc1cc([N+](=O)[O-])ccc1C. The molecule has 2 N–H and O–H groups in total. The van der Waals surface area contributed by atoms with E-state index in [9.17, 15) is 14.9 Å². The Kier molecular flexibility index (Phi) is 4.59. The highest BCUT2D eigenvalue weighted by Gasteiger charge is 2.10. The van der Waals surface area contributed by atoms with Crippen LogP contribution in [0.15, 0.2) is 18.2 Å². The molecule has 0 aliphatic heterocycles. The lowest BCUT2D eigenvalue weighted by Gasteiger charge is -2.08. The van der Waals surface area contributed by atoms with Gasteiger partial charge < -0.3 is 10.6 Å². The summed E-state index contributed by atoms with van der Waals surface area (Å²) < 4.78 is 0. The molecule has 0 heterocycles. The summed E-state index contributed by atoms with van der Waals surface area (Å²) in [6, 6.07) is 4.38. The minimum atomic E-state index is -0.487. The molecule has 1 aromatic rings. The van der Waals surface area contributed by atoms with E-state index in [1.807, 2.05) is 6.92 Å². The van der Waals surface area contributed by atoms with Crippen LogP contribution in [-0.4, -0.2) is 23.9 Å². The summed E-state index contributed by atoms with van der Waals surface area (Å²) >= 11 is 0. The number of aryl methyl sites for hydroxylation is 1. The second kappa shape index (κ2) is 5.95. The van der Waals surface area contributed by atoms with Crippen molar-refractivity contribution in [2.75, 3.05) is 18.4 Å². The Hall–Kier alpha value is -1.95. The molecule has 6 nitrogen and oxygen atoms in total. The Morgan fingerprint density at radius 2 is 2.18 bits per heavy atom. The van der Waals surface area contributed by atoms with Gasteiger partial charge in [0.25, 0.3) is 5.69 Å². The number of carbonyl (C=O) groups is 1. The first-order valence-corrected chi connectivity index (χ1v) is 5.30. The average molecular weight is 237 g/mol. The van der Waals surface area contributed by atoms with E-state index in [-0.39, 0.29) is 18.1 Å². The molecular weight excluding hydrogens is 222 g/mol. The smallest absolute Gasteiger partial charge is 0.271 e. The van der Waals surface area contributed by atoms with Crippen molar-refractivity contribution in [2.45, 2.75) is 13.8 Å². The highest BCUT2D eigenvalue weighted by atomic mass is 16.6. The molecule has 0 fully saturated rings. The van der Waals surface area contributed by atoms with E-state index in [0.29, 0.717) is 12.2 Å². The van der Waals surface area contributed by atoms with Crippen molar-refractivity contribution in [1.29, 1.82) is 0 Å². The number of nitro benzene ring substituents is 1.